The molecule has 0 bridgehead atoms. The molecular formula is C14H19N3. The predicted octanol–water partition coefficient (Wildman–Crippen LogP) is 1.87. The minimum Gasteiger partial charge on any atom is -0.369 e. The van der Waals surface area contributed by atoms with Crippen molar-refractivity contribution in [3.05, 3.63) is 29.3 Å². The summed E-state index contributed by atoms with van der Waals surface area (Å²) in [6.07, 6.45) is 0.983. The third kappa shape index (κ3) is 2.59. The molecule has 0 amide bonds. The van der Waals surface area contributed by atoms with Crippen molar-refractivity contribution in [3.8, 4) is 6.07 Å². The molecule has 0 radical (unpaired) electrons. The Morgan fingerprint density at radius 1 is 1.24 bits per heavy atom. The van der Waals surface area contributed by atoms with E-state index in [1.807, 2.05) is 12.1 Å². The first kappa shape index (κ1) is 11.9. The number of hydrogen-bond donors (Lipinski definition) is 0. The van der Waals surface area contributed by atoms with Crippen molar-refractivity contribution in [2.24, 2.45) is 0 Å². The Balaban J connectivity index is 2.23. The highest BCUT2D eigenvalue weighted by Gasteiger charge is 2.16. The van der Waals surface area contributed by atoms with Crippen molar-refractivity contribution < 1.29 is 0 Å². The van der Waals surface area contributed by atoms with Gasteiger partial charge in [0.1, 0.15) is 0 Å². The zero-order valence-corrected chi connectivity index (χ0v) is 10.6. The molecule has 17 heavy (non-hydrogen) atoms. The molecular weight excluding hydrogens is 210 g/mol. The molecule has 1 saturated heterocycles. The molecule has 0 aliphatic carbocycles. The van der Waals surface area contributed by atoms with E-state index in [0.29, 0.717) is 0 Å². The van der Waals surface area contributed by atoms with Gasteiger partial charge in [-0.1, -0.05) is 6.92 Å². The van der Waals surface area contributed by atoms with E-state index in [4.69, 9.17) is 5.26 Å². The van der Waals surface area contributed by atoms with Gasteiger partial charge in [0.25, 0.3) is 0 Å². The van der Waals surface area contributed by atoms with Crippen LogP contribution in [-0.2, 0) is 6.42 Å². The van der Waals surface area contributed by atoms with Crippen LogP contribution in [0.25, 0.3) is 0 Å². The van der Waals surface area contributed by atoms with Crippen LogP contribution in [0.1, 0.15) is 18.1 Å². The standard InChI is InChI=1S/C14H19N3/c1-3-13-10-12(11-15)4-5-14(13)17-8-6-16(2)7-9-17/h4-5,10H,3,6-9H2,1-2H3. The van der Waals surface area contributed by atoms with Crippen LogP contribution in [0.4, 0.5) is 5.69 Å². The van der Waals surface area contributed by atoms with E-state index in [0.717, 1.165) is 38.2 Å². The van der Waals surface area contributed by atoms with Crippen LogP contribution in [0.15, 0.2) is 18.2 Å². The molecule has 0 spiro atoms. The molecule has 0 atom stereocenters. The van der Waals surface area contributed by atoms with Crippen LogP contribution in [0, 0.1) is 11.3 Å². The molecule has 3 nitrogen and oxygen atoms in total. The van der Waals surface area contributed by atoms with E-state index in [9.17, 15) is 0 Å². The van der Waals surface area contributed by atoms with Gasteiger partial charge >= 0.3 is 0 Å². The number of nitrogens with zero attached hydrogens (tertiary/aromatic N) is 3. The Bertz CT molecular complexity index is 426. The lowest BCUT2D eigenvalue weighted by atomic mass is 10.1. The van der Waals surface area contributed by atoms with Gasteiger partial charge in [0.2, 0.25) is 0 Å². The largest absolute Gasteiger partial charge is 0.369 e. The molecule has 2 rings (SSSR count). The summed E-state index contributed by atoms with van der Waals surface area (Å²) >= 11 is 0. The molecule has 1 aliphatic heterocycles. The Kier molecular flexibility index (Phi) is 3.65. The average Bonchev–Trinajstić information content (AvgIpc) is 2.39. The molecule has 3 heteroatoms. The minimum atomic E-state index is 0.764. The van der Waals surface area contributed by atoms with Crippen LogP contribution < -0.4 is 4.90 Å². The van der Waals surface area contributed by atoms with Crippen LogP contribution in [0.5, 0.6) is 0 Å². The van der Waals surface area contributed by atoms with E-state index in [2.05, 4.69) is 35.9 Å². The van der Waals surface area contributed by atoms with Gasteiger partial charge in [-0.25, -0.2) is 0 Å². The van der Waals surface area contributed by atoms with Gasteiger partial charge in [0.15, 0.2) is 0 Å². The topological polar surface area (TPSA) is 30.3 Å². The highest BCUT2D eigenvalue weighted by molar-refractivity contribution is 5.57. The van der Waals surface area contributed by atoms with Crippen molar-refractivity contribution in [2.75, 3.05) is 38.1 Å². The number of hydrogen-bond acceptors (Lipinski definition) is 3. The summed E-state index contributed by atoms with van der Waals surface area (Å²) in [4.78, 5) is 4.78. The summed E-state index contributed by atoms with van der Waals surface area (Å²) in [6.45, 7) is 6.53. The highest BCUT2D eigenvalue weighted by atomic mass is 15.2. The Labute approximate surface area is 103 Å². The van der Waals surface area contributed by atoms with E-state index in [-0.39, 0.29) is 0 Å². The third-order valence-electron chi connectivity index (χ3n) is 3.43. The maximum atomic E-state index is 8.92. The number of rotatable bonds is 2. The third-order valence-corrected chi connectivity index (χ3v) is 3.43. The molecule has 0 saturated carbocycles. The van der Waals surface area contributed by atoms with Gasteiger partial charge in [0, 0.05) is 31.9 Å². The second kappa shape index (κ2) is 5.20. The highest BCUT2D eigenvalue weighted by Crippen LogP contribution is 2.23. The summed E-state index contributed by atoms with van der Waals surface area (Å²) in [7, 11) is 2.16. The van der Waals surface area contributed by atoms with Gasteiger partial charge in [0.05, 0.1) is 11.6 Å². The first-order valence-corrected chi connectivity index (χ1v) is 6.21. The Morgan fingerprint density at radius 2 is 1.94 bits per heavy atom. The zero-order chi connectivity index (χ0) is 12.3. The minimum absolute atomic E-state index is 0.764. The first-order chi connectivity index (χ1) is 8.24. The Hall–Kier alpha value is -1.53. The number of anilines is 1. The van der Waals surface area contributed by atoms with Crippen LogP contribution >= 0.6 is 0 Å². The number of aryl methyl sites for hydroxylation is 1. The summed E-state index contributed by atoms with van der Waals surface area (Å²) in [6, 6.07) is 8.26. The van der Waals surface area contributed by atoms with Crippen LogP contribution in [0.2, 0.25) is 0 Å². The monoisotopic (exact) mass is 229 g/mol. The van der Waals surface area contributed by atoms with Gasteiger partial charge in [-0.3, -0.25) is 0 Å². The summed E-state index contributed by atoms with van der Waals surface area (Å²) in [5.41, 5.74) is 3.35. The number of nitriles is 1. The quantitative estimate of drug-likeness (QED) is 0.775. The van der Waals surface area contributed by atoms with E-state index in [1.165, 1.54) is 11.3 Å². The lowest BCUT2D eigenvalue weighted by Crippen LogP contribution is -2.44. The fourth-order valence-electron chi connectivity index (χ4n) is 2.29. The van der Waals surface area contributed by atoms with Crippen molar-refractivity contribution in [2.45, 2.75) is 13.3 Å². The SMILES string of the molecule is CCc1cc(C#N)ccc1N1CCN(C)CC1. The average molecular weight is 229 g/mol. The smallest absolute Gasteiger partial charge is 0.0991 e. The normalized spacial score (nSPS) is 16.9. The van der Waals surface area contributed by atoms with Gasteiger partial charge in [-0.2, -0.15) is 5.26 Å². The molecule has 0 aromatic heterocycles. The summed E-state index contributed by atoms with van der Waals surface area (Å²) in [5.74, 6) is 0. The lowest BCUT2D eigenvalue weighted by Gasteiger charge is -2.35. The molecule has 1 aliphatic rings. The fourth-order valence-corrected chi connectivity index (χ4v) is 2.29. The molecule has 1 fully saturated rings. The first-order valence-electron chi connectivity index (χ1n) is 6.21. The molecule has 1 aromatic carbocycles. The molecule has 0 N–H and O–H groups in total. The molecule has 90 valence electrons. The predicted molar refractivity (Wildman–Crippen MR) is 70.2 cm³/mol. The van der Waals surface area contributed by atoms with E-state index < -0.39 is 0 Å². The lowest BCUT2D eigenvalue weighted by molar-refractivity contribution is 0.312. The second-order valence-electron chi connectivity index (χ2n) is 4.60. The zero-order valence-electron chi connectivity index (χ0n) is 10.6. The van der Waals surface area contributed by atoms with Crippen molar-refractivity contribution >= 4 is 5.69 Å². The van der Waals surface area contributed by atoms with Crippen molar-refractivity contribution in [3.63, 3.8) is 0 Å². The van der Waals surface area contributed by atoms with Gasteiger partial charge in [-0.15, -0.1) is 0 Å². The second-order valence-corrected chi connectivity index (χ2v) is 4.60. The number of benzene rings is 1. The molecule has 1 aromatic rings. The molecule has 0 unspecified atom stereocenters. The van der Waals surface area contributed by atoms with Gasteiger partial charge < -0.3 is 9.80 Å². The summed E-state index contributed by atoms with van der Waals surface area (Å²) in [5, 5.41) is 8.92. The van der Waals surface area contributed by atoms with E-state index in [1.54, 1.807) is 0 Å². The molecule has 1 heterocycles. The van der Waals surface area contributed by atoms with Crippen LogP contribution in [-0.4, -0.2) is 38.1 Å². The van der Waals surface area contributed by atoms with Crippen molar-refractivity contribution in [1.82, 2.24) is 4.90 Å². The summed E-state index contributed by atoms with van der Waals surface area (Å²) < 4.78 is 0. The maximum absolute atomic E-state index is 8.92. The maximum Gasteiger partial charge on any atom is 0.0991 e. The van der Waals surface area contributed by atoms with Gasteiger partial charge in [-0.05, 0) is 37.2 Å². The Morgan fingerprint density at radius 3 is 2.53 bits per heavy atom. The number of likely N-dealkylation sites (N-methyl/N-ethyl adjacent to an activating group) is 1. The van der Waals surface area contributed by atoms with Crippen molar-refractivity contribution in [1.29, 1.82) is 5.26 Å². The van der Waals surface area contributed by atoms with Crippen LogP contribution in [0.3, 0.4) is 0 Å². The number of piperazine rings is 1. The fraction of sp³-hybridized carbons (Fsp3) is 0.500. The van der Waals surface area contributed by atoms with E-state index >= 15 is 0 Å².